The third-order valence-corrected chi connectivity index (χ3v) is 4.71. The van der Waals surface area contributed by atoms with Gasteiger partial charge in [-0.05, 0) is 29.8 Å². The lowest BCUT2D eigenvalue weighted by atomic mass is 9.90. The first-order valence-corrected chi connectivity index (χ1v) is 7.95. The highest BCUT2D eigenvalue weighted by Crippen LogP contribution is 2.34. The first-order valence-electron chi connectivity index (χ1n) is 6.82. The molecule has 3 rings (SSSR count). The molecule has 124 valence electrons. The van der Waals surface area contributed by atoms with Gasteiger partial charge in [-0.3, -0.25) is 0 Å². The molecule has 1 heterocycles. The largest absolute Gasteiger partial charge is 0.485 e. The predicted molar refractivity (Wildman–Crippen MR) is 94.8 cm³/mol. The standard InChI is InChI=1S/C16H13Cl3FNO.ClH/c17-12-4-2-11(6-14(12)19)22-16(10-7-21-8-10)9-1-3-13(18)15(20)5-9;/h1-6,10,16,21H,7-8H2;1H. The molecule has 0 spiro atoms. The lowest BCUT2D eigenvalue weighted by molar-refractivity contribution is 0.0991. The summed E-state index contributed by atoms with van der Waals surface area (Å²) in [6.45, 7) is 1.63. The maximum atomic E-state index is 13.7. The van der Waals surface area contributed by atoms with Crippen molar-refractivity contribution in [2.45, 2.75) is 6.10 Å². The highest BCUT2D eigenvalue weighted by Gasteiger charge is 2.30. The second-order valence-electron chi connectivity index (χ2n) is 5.21. The van der Waals surface area contributed by atoms with Crippen molar-refractivity contribution in [2.75, 3.05) is 13.1 Å². The molecule has 0 saturated carbocycles. The third-order valence-electron chi connectivity index (χ3n) is 3.67. The Balaban J connectivity index is 0.00000192. The van der Waals surface area contributed by atoms with Gasteiger partial charge in [0.25, 0.3) is 0 Å². The van der Waals surface area contributed by atoms with Crippen molar-refractivity contribution in [3.8, 4) is 5.75 Å². The van der Waals surface area contributed by atoms with Crippen molar-refractivity contribution in [3.63, 3.8) is 0 Å². The van der Waals surface area contributed by atoms with E-state index >= 15 is 0 Å². The normalized spacial score (nSPS) is 15.5. The Hall–Kier alpha value is -0.710. The second-order valence-corrected chi connectivity index (χ2v) is 6.43. The Morgan fingerprint density at radius 3 is 2.26 bits per heavy atom. The second kappa shape index (κ2) is 7.91. The molecule has 0 radical (unpaired) electrons. The van der Waals surface area contributed by atoms with E-state index in [1.54, 1.807) is 30.3 Å². The molecule has 0 bridgehead atoms. The summed E-state index contributed by atoms with van der Waals surface area (Å²) in [5.74, 6) is 0.408. The smallest absolute Gasteiger partial charge is 0.142 e. The van der Waals surface area contributed by atoms with Crippen LogP contribution in [0, 0.1) is 11.7 Å². The summed E-state index contributed by atoms with van der Waals surface area (Å²) >= 11 is 17.7. The van der Waals surface area contributed by atoms with E-state index in [1.807, 2.05) is 0 Å². The fourth-order valence-corrected chi connectivity index (χ4v) is 2.75. The van der Waals surface area contributed by atoms with Crippen molar-refractivity contribution >= 4 is 47.2 Å². The minimum Gasteiger partial charge on any atom is -0.485 e. The van der Waals surface area contributed by atoms with Crippen LogP contribution >= 0.6 is 47.2 Å². The van der Waals surface area contributed by atoms with E-state index in [9.17, 15) is 4.39 Å². The molecular weight excluding hydrogens is 383 g/mol. The number of nitrogens with one attached hydrogen (secondary N) is 1. The molecule has 0 aliphatic carbocycles. The summed E-state index contributed by atoms with van der Waals surface area (Å²) in [5.41, 5.74) is 0.750. The quantitative estimate of drug-likeness (QED) is 0.731. The van der Waals surface area contributed by atoms with Crippen LogP contribution in [0.15, 0.2) is 36.4 Å². The van der Waals surface area contributed by atoms with Crippen LogP contribution in [0.1, 0.15) is 11.7 Å². The first kappa shape index (κ1) is 18.6. The Labute approximate surface area is 155 Å². The number of benzene rings is 2. The van der Waals surface area contributed by atoms with Crippen molar-refractivity contribution < 1.29 is 9.13 Å². The minimum absolute atomic E-state index is 0. The van der Waals surface area contributed by atoms with E-state index in [1.165, 1.54) is 6.07 Å². The summed E-state index contributed by atoms with van der Waals surface area (Å²) in [5, 5.41) is 4.19. The number of hydrogen-bond donors (Lipinski definition) is 1. The maximum absolute atomic E-state index is 13.7. The number of rotatable bonds is 4. The summed E-state index contributed by atoms with van der Waals surface area (Å²) in [6, 6.07) is 9.84. The van der Waals surface area contributed by atoms with Crippen LogP contribution in [0.4, 0.5) is 4.39 Å². The zero-order valence-electron chi connectivity index (χ0n) is 11.9. The molecule has 1 N–H and O–H groups in total. The lowest BCUT2D eigenvalue weighted by Crippen LogP contribution is -2.46. The maximum Gasteiger partial charge on any atom is 0.142 e. The Bertz CT molecular complexity index is 694. The summed E-state index contributed by atoms with van der Waals surface area (Å²) in [6.07, 6.45) is -0.273. The Morgan fingerprint density at radius 1 is 1.00 bits per heavy atom. The SMILES string of the molecule is Cl.Fc1cc(C(Oc2ccc(Cl)c(Cl)c2)C2CNC2)ccc1Cl. The van der Waals surface area contributed by atoms with E-state index in [0.717, 1.165) is 18.7 Å². The van der Waals surface area contributed by atoms with Gasteiger partial charge < -0.3 is 10.1 Å². The fraction of sp³-hybridized carbons (Fsp3) is 0.250. The molecule has 2 aromatic rings. The van der Waals surface area contributed by atoms with E-state index in [-0.39, 0.29) is 29.5 Å². The highest BCUT2D eigenvalue weighted by atomic mass is 35.5. The highest BCUT2D eigenvalue weighted by molar-refractivity contribution is 6.42. The van der Waals surface area contributed by atoms with E-state index in [0.29, 0.717) is 15.8 Å². The van der Waals surface area contributed by atoms with Gasteiger partial charge in [-0.15, -0.1) is 12.4 Å². The van der Waals surface area contributed by atoms with E-state index in [2.05, 4.69) is 5.32 Å². The first-order chi connectivity index (χ1) is 10.5. The van der Waals surface area contributed by atoms with Crippen molar-refractivity contribution in [3.05, 3.63) is 62.8 Å². The van der Waals surface area contributed by atoms with Gasteiger partial charge in [0.1, 0.15) is 17.7 Å². The molecule has 1 fully saturated rings. The van der Waals surface area contributed by atoms with Gasteiger partial charge in [0.2, 0.25) is 0 Å². The fourth-order valence-electron chi connectivity index (χ4n) is 2.35. The molecule has 0 aromatic heterocycles. The summed E-state index contributed by atoms with van der Waals surface area (Å²) in [7, 11) is 0. The zero-order valence-corrected chi connectivity index (χ0v) is 14.9. The van der Waals surface area contributed by atoms with Crippen molar-refractivity contribution in [1.82, 2.24) is 5.32 Å². The number of ether oxygens (including phenoxy) is 1. The van der Waals surface area contributed by atoms with Crippen LogP contribution in [0.25, 0.3) is 0 Å². The predicted octanol–water partition coefficient (Wildman–Crippen LogP) is 5.55. The lowest BCUT2D eigenvalue weighted by Gasteiger charge is -2.35. The van der Waals surface area contributed by atoms with Crippen LogP contribution < -0.4 is 10.1 Å². The average Bonchev–Trinajstić information content (AvgIpc) is 2.43. The zero-order chi connectivity index (χ0) is 15.7. The molecule has 1 unspecified atom stereocenters. The topological polar surface area (TPSA) is 21.3 Å². The molecule has 1 atom stereocenters. The van der Waals surface area contributed by atoms with Gasteiger partial charge in [-0.1, -0.05) is 40.9 Å². The minimum atomic E-state index is -0.450. The molecule has 2 nitrogen and oxygen atoms in total. The third kappa shape index (κ3) is 4.23. The van der Waals surface area contributed by atoms with Crippen LogP contribution in [-0.4, -0.2) is 13.1 Å². The Kier molecular flexibility index (Phi) is 6.40. The molecule has 23 heavy (non-hydrogen) atoms. The number of halogens is 5. The van der Waals surface area contributed by atoms with Gasteiger partial charge in [0.15, 0.2) is 0 Å². The van der Waals surface area contributed by atoms with Crippen LogP contribution in [0.2, 0.25) is 15.1 Å². The van der Waals surface area contributed by atoms with Gasteiger partial charge in [-0.25, -0.2) is 4.39 Å². The molecule has 7 heteroatoms. The van der Waals surface area contributed by atoms with Crippen LogP contribution in [0.3, 0.4) is 0 Å². The van der Waals surface area contributed by atoms with Gasteiger partial charge >= 0.3 is 0 Å². The average molecular weight is 397 g/mol. The van der Waals surface area contributed by atoms with E-state index in [4.69, 9.17) is 39.5 Å². The molecule has 0 amide bonds. The number of hydrogen-bond acceptors (Lipinski definition) is 2. The van der Waals surface area contributed by atoms with E-state index < -0.39 is 5.82 Å². The monoisotopic (exact) mass is 395 g/mol. The van der Waals surface area contributed by atoms with Crippen molar-refractivity contribution in [1.29, 1.82) is 0 Å². The van der Waals surface area contributed by atoms with Crippen molar-refractivity contribution in [2.24, 2.45) is 5.92 Å². The Morgan fingerprint density at radius 2 is 1.70 bits per heavy atom. The molecule has 1 aliphatic heterocycles. The van der Waals surface area contributed by atoms with Gasteiger partial charge in [-0.2, -0.15) is 0 Å². The van der Waals surface area contributed by atoms with Crippen LogP contribution in [0.5, 0.6) is 5.75 Å². The molecular formula is C16H14Cl4FNO. The van der Waals surface area contributed by atoms with Crippen LogP contribution in [-0.2, 0) is 0 Å². The summed E-state index contributed by atoms with van der Waals surface area (Å²) in [4.78, 5) is 0. The molecule has 2 aromatic carbocycles. The van der Waals surface area contributed by atoms with Gasteiger partial charge in [0.05, 0.1) is 15.1 Å². The molecule has 1 saturated heterocycles. The van der Waals surface area contributed by atoms with Gasteiger partial charge in [0, 0.05) is 25.1 Å². The molecule has 1 aliphatic rings. The summed E-state index contributed by atoms with van der Waals surface area (Å²) < 4.78 is 19.8.